The molecule has 1 aromatic heterocycles. The summed E-state index contributed by atoms with van der Waals surface area (Å²) in [5.74, 6) is 0. The third kappa shape index (κ3) is 7.18. The summed E-state index contributed by atoms with van der Waals surface area (Å²) in [7, 11) is 0. The van der Waals surface area contributed by atoms with Gasteiger partial charge in [0, 0.05) is 38.6 Å². The van der Waals surface area contributed by atoms with Crippen molar-refractivity contribution in [2.75, 3.05) is 14.7 Å². The first-order valence-corrected chi connectivity index (χ1v) is 29.3. The Labute approximate surface area is 459 Å². The predicted molar refractivity (Wildman–Crippen MR) is 331 cm³/mol. The van der Waals surface area contributed by atoms with Crippen molar-refractivity contribution in [3.8, 4) is 0 Å². The van der Waals surface area contributed by atoms with E-state index < -0.39 is 0 Å². The lowest BCUT2D eigenvalue weighted by Crippen LogP contribution is -2.61. The molecular weight excluding hydrogens is 938 g/mol. The Balaban J connectivity index is 1.21. The van der Waals surface area contributed by atoms with Crippen molar-refractivity contribution < 1.29 is 0 Å². The lowest BCUT2D eigenvalue weighted by Gasteiger charge is -2.48. The van der Waals surface area contributed by atoms with E-state index in [4.69, 9.17) is 0 Å². The van der Waals surface area contributed by atoms with E-state index in [0.717, 1.165) is 19.3 Å². The molecule has 13 rings (SSSR count). The van der Waals surface area contributed by atoms with Crippen LogP contribution in [0.5, 0.6) is 0 Å². The van der Waals surface area contributed by atoms with Gasteiger partial charge in [-0.1, -0.05) is 184 Å². The summed E-state index contributed by atoms with van der Waals surface area (Å²) in [4.78, 5) is 8.03. The summed E-state index contributed by atoms with van der Waals surface area (Å²) < 4.78 is 1.34. The largest absolute Gasteiger partial charge is 0.311 e. The molecule has 0 spiro atoms. The van der Waals surface area contributed by atoms with Gasteiger partial charge in [0.25, 0.3) is 6.71 Å². The molecule has 2 aliphatic carbocycles. The van der Waals surface area contributed by atoms with Gasteiger partial charge in [-0.15, -0.1) is 11.3 Å². The Morgan fingerprint density at radius 1 is 0.395 bits per heavy atom. The molecule has 0 amide bonds. The molecule has 0 N–H and O–H groups in total. The van der Waals surface area contributed by atoms with E-state index in [-0.39, 0.29) is 44.6 Å². The number of thiophene rings is 1. The number of nitrogens with zero attached hydrogens (tertiary/aromatic N) is 3. The van der Waals surface area contributed by atoms with Crippen molar-refractivity contribution in [3.63, 3.8) is 0 Å². The molecule has 4 heterocycles. The molecule has 386 valence electrons. The van der Waals surface area contributed by atoms with Crippen molar-refractivity contribution >= 4 is 95.0 Å². The predicted octanol–water partition coefficient (Wildman–Crippen LogP) is 18.4. The van der Waals surface area contributed by atoms with E-state index >= 15 is 0 Å². The minimum absolute atomic E-state index is 0.0131. The van der Waals surface area contributed by atoms with Crippen molar-refractivity contribution in [3.05, 3.63) is 178 Å². The summed E-state index contributed by atoms with van der Waals surface area (Å²) in [6, 6.07) is 53.6. The lowest BCUT2D eigenvalue weighted by atomic mass is 9.33. The van der Waals surface area contributed by atoms with Crippen LogP contribution in [0.3, 0.4) is 0 Å². The van der Waals surface area contributed by atoms with Crippen LogP contribution >= 0.6 is 11.3 Å². The normalized spacial score (nSPS) is 19.0. The van der Waals surface area contributed by atoms with Gasteiger partial charge in [0.05, 0.1) is 22.1 Å². The van der Waals surface area contributed by atoms with Crippen molar-refractivity contribution in [1.82, 2.24) is 0 Å². The molecule has 5 aliphatic rings. The van der Waals surface area contributed by atoms with E-state index in [0.29, 0.717) is 0 Å². The maximum absolute atomic E-state index is 2.75. The third-order valence-electron chi connectivity index (χ3n) is 19.5. The van der Waals surface area contributed by atoms with Crippen LogP contribution in [0.15, 0.2) is 133 Å². The number of fused-ring (bicyclic) bond motifs is 10. The van der Waals surface area contributed by atoms with Gasteiger partial charge in [0.15, 0.2) is 0 Å². The molecule has 0 unspecified atom stereocenters. The first-order valence-electron chi connectivity index (χ1n) is 28.5. The van der Waals surface area contributed by atoms with Crippen LogP contribution in [0.2, 0.25) is 0 Å². The molecule has 76 heavy (non-hydrogen) atoms. The van der Waals surface area contributed by atoms with Crippen LogP contribution in [-0.2, 0) is 37.9 Å². The van der Waals surface area contributed by atoms with Gasteiger partial charge in [0.1, 0.15) is 0 Å². The van der Waals surface area contributed by atoms with E-state index in [2.05, 4.69) is 259 Å². The molecule has 0 atom stereocenters. The standard InChI is InChI=1S/C71H78BN3S/c1-65(2,3)43-25-28-45(29-26-43)75-60-40-47(74-56-23-19-17-21-50(56)71(15,16)51-22-18-20-24-57(51)74)39-59-63(60)72(62-48-37-44(66(4,5)6)27-32-61(48)76-64(62)75)55-41-53-54(70(13,14)36-35-69(53,11)12)42-58(55)73(59)46-30-31-49-52(38-46)68(9,10)34-33-67(49,7)8/h17-32,37-42H,33-36H2,1-16H3. The molecule has 0 radical (unpaired) electrons. The maximum Gasteiger partial charge on any atom is 0.254 e. The number of hydrogen-bond donors (Lipinski definition) is 0. The van der Waals surface area contributed by atoms with Gasteiger partial charge >= 0.3 is 0 Å². The Morgan fingerprint density at radius 3 is 1.46 bits per heavy atom. The van der Waals surface area contributed by atoms with Gasteiger partial charge in [-0.25, -0.2) is 0 Å². The fourth-order valence-electron chi connectivity index (χ4n) is 14.5. The van der Waals surface area contributed by atoms with E-state index in [1.54, 1.807) is 0 Å². The smallest absolute Gasteiger partial charge is 0.254 e. The van der Waals surface area contributed by atoms with Crippen LogP contribution in [0.1, 0.15) is 181 Å². The molecular formula is C71H78BN3S. The van der Waals surface area contributed by atoms with Crippen LogP contribution in [0, 0.1) is 0 Å². The Morgan fingerprint density at radius 2 is 0.882 bits per heavy atom. The van der Waals surface area contributed by atoms with Crippen molar-refractivity contribution in [1.29, 1.82) is 0 Å². The second-order valence-electron chi connectivity index (χ2n) is 28.8. The molecule has 0 bridgehead atoms. The minimum Gasteiger partial charge on any atom is -0.311 e. The zero-order valence-corrected chi connectivity index (χ0v) is 49.2. The first-order chi connectivity index (χ1) is 35.7. The van der Waals surface area contributed by atoms with Crippen LogP contribution < -0.4 is 31.1 Å². The molecule has 0 fully saturated rings. The SMILES string of the molecule is CC(C)(C)c1ccc(N2c3cc(N4c5ccccc5C(C)(C)c5ccccc54)cc4c3B(c3cc5c(cc3N4c3ccc4c(c3)C(C)(C)CCC4(C)C)C(C)(C)CCC5(C)C)c3c2sc2ccc(C(C)(C)C)cc32)cc1. The first kappa shape index (κ1) is 49.5. The second kappa shape index (κ2) is 16.0. The highest BCUT2D eigenvalue weighted by atomic mass is 32.1. The lowest BCUT2D eigenvalue weighted by molar-refractivity contribution is 0.332. The van der Waals surface area contributed by atoms with E-state index in [9.17, 15) is 0 Å². The molecule has 3 aliphatic heterocycles. The second-order valence-corrected chi connectivity index (χ2v) is 29.8. The molecule has 0 saturated carbocycles. The Bertz CT molecular complexity index is 3690. The van der Waals surface area contributed by atoms with Crippen LogP contribution in [-0.4, -0.2) is 6.71 Å². The average molecular weight is 1020 g/mol. The highest BCUT2D eigenvalue weighted by Gasteiger charge is 2.49. The van der Waals surface area contributed by atoms with Gasteiger partial charge in [-0.3, -0.25) is 0 Å². The molecule has 0 saturated heterocycles. The van der Waals surface area contributed by atoms with Gasteiger partial charge < -0.3 is 14.7 Å². The van der Waals surface area contributed by atoms with Gasteiger partial charge in [-0.05, 0) is 185 Å². The van der Waals surface area contributed by atoms with Gasteiger partial charge in [0.2, 0.25) is 0 Å². The number of hydrogen-bond acceptors (Lipinski definition) is 4. The third-order valence-corrected chi connectivity index (χ3v) is 20.7. The fraction of sp³-hybridized carbons (Fsp3) is 0.380. The van der Waals surface area contributed by atoms with E-state index in [1.807, 2.05) is 11.3 Å². The summed E-state index contributed by atoms with van der Waals surface area (Å²) >= 11 is 1.98. The highest BCUT2D eigenvalue weighted by molar-refractivity contribution is 7.26. The number of rotatable bonds is 3. The fourth-order valence-corrected chi connectivity index (χ4v) is 15.7. The van der Waals surface area contributed by atoms with E-state index in [1.165, 1.54) is 128 Å². The molecule has 5 heteroatoms. The highest BCUT2D eigenvalue weighted by Crippen LogP contribution is 2.57. The summed E-state index contributed by atoms with van der Waals surface area (Å²) in [6.45, 7) is 38.8. The Kier molecular flexibility index (Phi) is 10.4. The van der Waals surface area contributed by atoms with Crippen LogP contribution in [0.25, 0.3) is 10.1 Å². The van der Waals surface area contributed by atoms with Crippen molar-refractivity contribution in [2.24, 2.45) is 0 Å². The van der Waals surface area contributed by atoms with Crippen LogP contribution in [0.4, 0.5) is 50.5 Å². The monoisotopic (exact) mass is 1020 g/mol. The quantitative estimate of drug-likeness (QED) is 0.163. The average Bonchev–Trinajstić information content (AvgIpc) is 3.85. The topological polar surface area (TPSA) is 9.72 Å². The van der Waals surface area contributed by atoms with Crippen molar-refractivity contribution in [2.45, 2.75) is 174 Å². The summed E-state index contributed by atoms with van der Waals surface area (Å²) in [5.41, 5.74) is 25.5. The zero-order valence-electron chi connectivity index (χ0n) is 48.4. The number of para-hydroxylation sites is 2. The molecule has 8 aromatic rings. The number of anilines is 9. The number of benzene rings is 7. The summed E-state index contributed by atoms with van der Waals surface area (Å²) in [6.07, 6.45) is 4.67. The summed E-state index contributed by atoms with van der Waals surface area (Å²) in [5, 5.41) is 2.70. The zero-order chi connectivity index (χ0) is 53.6. The maximum atomic E-state index is 2.75. The Hall–Kier alpha value is -6.04. The minimum atomic E-state index is -0.190. The molecule has 3 nitrogen and oxygen atoms in total. The van der Waals surface area contributed by atoms with Gasteiger partial charge in [-0.2, -0.15) is 0 Å². The molecule has 7 aromatic carbocycles.